The van der Waals surface area contributed by atoms with E-state index in [0.29, 0.717) is 36.8 Å². The molecule has 1 aliphatic rings. The van der Waals surface area contributed by atoms with Crippen LogP contribution in [0.25, 0.3) is 0 Å². The molecule has 1 heterocycles. The third-order valence-electron chi connectivity index (χ3n) is 4.89. The average Bonchev–Trinajstić information content (AvgIpc) is 2.71. The van der Waals surface area contributed by atoms with Crippen LogP contribution in [0.15, 0.2) is 48.5 Å². The van der Waals surface area contributed by atoms with E-state index in [2.05, 4.69) is 5.32 Å². The van der Waals surface area contributed by atoms with Crippen molar-refractivity contribution in [2.75, 3.05) is 38.6 Å². The number of rotatable bonds is 4. The van der Waals surface area contributed by atoms with Gasteiger partial charge in [0.1, 0.15) is 6.04 Å². The zero-order valence-electron chi connectivity index (χ0n) is 16.0. The molecule has 6 nitrogen and oxygen atoms in total. The number of carbonyl (C=O) groups excluding carboxylic acids is 2. The summed E-state index contributed by atoms with van der Waals surface area (Å²) in [7, 11) is 1.37. The number of aryl methyl sites for hydroxylation is 1. The molecule has 0 unspecified atom stereocenters. The molecule has 0 saturated carbocycles. The zero-order valence-corrected chi connectivity index (χ0v) is 16.8. The van der Waals surface area contributed by atoms with Crippen LogP contribution >= 0.6 is 11.6 Å². The quantitative estimate of drug-likeness (QED) is 0.793. The molecular weight excluding hydrogens is 378 g/mol. The molecule has 2 aromatic carbocycles. The zero-order chi connectivity index (χ0) is 20.1. The number of nitrogens with zero attached hydrogens (tertiary/aromatic N) is 2. The Labute approximate surface area is 170 Å². The summed E-state index contributed by atoms with van der Waals surface area (Å²) in [6.07, 6.45) is 0. The highest BCUT2D eigenvalue weighted by atomic mass is 35.5. The fourth-order valence-electron chi connectivity index (χ4n) is 3.30. The molecule has 0 bridgehead atoms. The van der Waals surface area contributed by atoms with Crippen molar-refractivity contribution in [2.24, 2.45) is 0 Å². The smallest absolute Gasteiger partial charge is 0.327 e. The van der Waals surface area contributed by atoms with Gasteiger partial charge in [-0.25, -0.2) is 9.59 Å². The Hall–Kier alpha value is -2.57. The second kappa shape index (κ2) is 9.08. The normalized spacial score (nSPS) is 15.8. The standard InChI is InChI=1S/C21H24ClN3O3/c1-15-7-9-16(10-8-15)23-21(27)25-13-11-24(12-14-25)19(20(26)28-2)17-5-3-4-6-18(17)22/h3-10,19H,11-14H2,1-2H3,(H,23,27)/t19-/m1/s1. The molecule has 2 amide bonds. The monoisotopic (exact) mass is 401 g/mol. The summed E-state index contributed by atoms with van der Waals surface area (Å²) in [5, 5.41) is 3.44. The second-order valence-electron chi connectivity index (χ2n) is 6.77. The minimum absolute atomic E-state index is 0.143. The maximum atomic E-state index is 12.5. The van der Waals surface area contributed by atoms with E-state index < -0.39 is 6.04 Å². The Bertz CT molecular complexity index is 833. The van der Waals surface area contributed by atoms with Gasteiger partial charge in [-0.3, -0.25) is 4.90 Å². The van der Waals surface area contributed by atoms with E-state index in [0.717, 1.165) is 11.3 Å². The second-order valence-corrected chi connectivity index (χ2v) is 7.17. The van der Waals surface area contributed by atoms with Gasteiger partial charge >= 0.3 is 12.0 Å². The first-order chi connectivity index (χ1) is 13.5. The summed E-state index contributed by atoms with van der Waals surface area (Å²) in [5.41, 5.74) is 2.62. The van der Waals surface area contributed by atoms with Gasteiger partial charge in [0.15, 0.2) is 0 Å². The third-order valence-corrected chi connectivity index (χ3v) is 5.24. The number of nitrogens with one attached hydrogen (secondary N) is 1. The van der Waals surface area contributed by atoms with Gasteiger partial charge in [-0.15, -0.1) is 0 Å². The van der Waals surface area contributed by atoms with Gasteiger partial charge in [0, 0.05) is 36.9 Å². The molecule has 1 atom stereocenters. The van der Waals surface area contributed by atoms with Crippen LogP contribution in [0.5, 0.6) is 0 Å². The predicted molar refractivity (Wildman–Crippen MR) is 110 cm³/mol. The predicted octanol–water partition coefficient (Wildman–Crippen LogP) is 3.71. The number of esters is 1. The van der Waals surface area contributed by atoms with Crippen LogP contribution in [0.1, 0.15) is 17.2 Å². The number of methoxy groups -OCH3 is 1. The van der Waals surface area contributed by atoms with Crippen LogP contribution in [0.2, 0.25) is 5.02 Å². The Kier molecular flexibility index (Phi) is 6.54. The van der Waals surface area contributed by atoms with Crippen molar-refractivity contribution in [1.82, 2.24) is 9.80 Å². The molecule has 0 radical (unpaired) electrons. The SMILES string of the molecule is COC(=O)[C@@H](c1ccccc1Cl)N1CCN(C(=O)Nc2ccc(C)cc2)CC1. The fraction of sp³-hybridized carbons (Fsp3) is 0.333. The van der Waals surface area contributed by atoms with E-state index in [4.69, 9.17) is 16.3 Å². The first-order valence-corrected chi connectivity index (χ1v) is 9.56. The molecule has 3 rings (SSSR count). The van der Waals surface area contributed by atoms with E-state index >= 15 is 0 Å². The van der Waals surface area contributed by atoms with Crippen LogP contribution in [0.3, 0.4) is 0 Å². The van der Waals surface area contributed by atoms with Crippen LogP contribution in [0.4, 0.5) is 10.5 Å². The molecule has 0 aromatic heterocycles. The molecule has 1 saturated heterocycles. The number of amides is 2. The lowest BCUT2D eigenvalue weighted by Gasteiger charge is -2.38. The summed E-state index contributed by atoms with van der Waals surface area (Å²) in [6, 6.07) is 14.2. The maximum Gasteiger partial charge on any atom is 0.327 e. The maximum absolute atomic E-state index is 12.5. The van der Waals surface area contributed by atoms with Gasteiger partial charge in [-0.05, 0) is 30.7 Å². The number of ether oxygens (including phenoxy) is 1. The molecule has 1 fully saturated rings. The average molecular weight is 402 g/mol. The largest absolute Gasteiger partial charge is 0.468 e. The molecule has 28 heavy (non-hydrogen) atoms. The molecule has 0 spiro atoms. The van der Waals surface area contributed by atoms with E-state index in [-0.39, 0.29) is 12.0 Å². The number of hydrogen-bond donors (Lipinski definition) is 1. The van der Waals surface area contributed by atoms with Crippen LogP contribution in [0, 0.1) is 6.92 Å². The molecule has 148 valence electrons. The molecule has 2 aromatic rings. The van der Waals surface area contributed by atoms with Gasteiger partial charge in [0.05, 0.1) is 7.11 Å². The van der Waals surface area contributed by atoms with Crippen molar-refractivity contribution in [3.8, 4) is 0 Å². The topological polar surface area (TPSA) is 61.9 Å². The third kappa shape index (κ3) is 4.64. The Balaban J connectivity index is 1.65. The lowest BCUT2D eigenvalue weighted by molar-refractivity contribution is -0.148. The lowest BCUT2D eigenvalue weighted by atomic mass is 10.0. The van der Waals surface area contributed by atoms with Crippen LogP contribution in [-0.4, -0.2) is 55.1 Å². The number of hydrogen-bond acceptors (Lipinski definition) is 4. The van der Waals surface area contributed by atoms with Crippen molar-refractivity contribution in [1.29, 1.82) is 0 Å². The van der Waals surface area contributed by atoms with Crippen LogP contribution in [-0.2, 0) is 9.53 Å². The fourth-order valence-corrected chi connectivity index (χ4v) is 3.54. The van der Waals surface area contributed by atoms with E-state index in [1.165, 1.54) is 7.11 Å². The first kappa shape index (κ1) is 20.2. The number of halogens is 1. The number of anilines is 1. The molecule has 0 aliphatic carbocycles. The highest BCUT2D eigenvalue weighted by Crippen LogP contribution is 2.29. The minimum Gasteiger partial charge on any atom is -0.468 e. The number of piperazine rings is 1. The molecular formula is C21H24ClN3O3. The van der Waals surface area contributed by atoms with Crippen molar-refractivity contribution < 1.29 is 14.3 Å². The minimum atomic E-state index is -0.582. The van der Waals surface area contributed by atoms with Gasteiger partial charge in [0.25, 0.3) is 0 Å². The Morgan fingerprint density at radius 1 is 1.04 bits per heavy atom. The van der Waals surface area contributed by atoms with E-state index in [1.807, 2.05) is 54.3 Å². The van der Waals surface area contributed by atoms with Gasteiger partial charge in [0.2, 0.25) is 0 Å². The number of urea groups is 1. The summed E-state index contributed by atoms with van der Waals surface area (Å²) >= 11 is 6.31. The van der Waals surface area contributed by atoms with Gasteiger partial charge in [-0.2, -0.15) is 0 Å². The number of carbonyl (C=O) groups is 2. The number of benzene rings is 2. The first-order valence-electron chi connectivity index (χ1n) is 9.18. The van der Waals surface area contributed by atoms with Gasteiger partial charge < -0.3 is 15.0 Å². The summed E-state index contributed by atoms with van der Waals surface area (Å²) in [6.45, 7) is 4.12. The van der Waals surface area contributed by atoms with Crippen LogP contribution < -0.4 is 5.32 Å². The summed E-state index contributed by atoms with van der Waals surface area (Å²) < 4.78 is 5.01. The van der Waals surface area contributed by atoms with E-state index in [9.17, 15) is 9.59 Å². The van der Waals surface area contributed by atoms with E-state index in [1.54, 1.807) is 11.0 Å². The summed E-state index contributed by atoms with van der Waals surface area (Å²) in [4.78, 5) is 28.7. The molecule has 1 aliphatic heterocycles. The van der Waals surface area contributed by atoms with Crippen molar-refractivity contribution in [2.45, 2.75) is 13.0 Å². The van der Waals surface area contributed by atoms with Gasteiger partial charge in [-0.1, -0.05) is 47.5 Å². The lowest BCUT2D eigenvalue weighted by Crippen LogP contribution is -2.52. The Morgan fingerprint density at radius 2 is 1.68 bits per heavy atom. The summed E-state index contributed by atoms with van der Waals surface area (Å²) in [5.74, 6) is -0.356. The highest BCUT2D eigenvalue weighted by Gasteiger charge is 2.33. The molecule has 7 heteroatoms. The molecule has 1 N–H and O–H groups in total. The highest BCUT2D eigenvalue weighted by molar-refractivity contribution is 6.31. The van der Waals surface area contributed by atoms with Crippen molar-refractivity contribution in [3.63, 3.8) is 0 Å². The van der Waals surface area contributed by atoms with Crippen molar-refractivity contribution in [3.05, 3.63) is 64.7 Å². The Morgan fingerprint density at radius 3 is 2.29 bits per heavy atom. The van der Waals surface area contributed by atoms with Crippen molar-refractivity contribution >= 4 is 29.3 Å².